The van der Waals surface area contributed by atoms with Crippen molar-refractivity contribution >= 4 is 35.6 Å². The van der Waals surface area contributed by atoms with E-state index in [4.69, 9.17) is 21.1 Å². The second-order valence-corrected chi connectivity index (χ2v) is 14.4. The van der Waals surface area contributed by atoms with Gasteiger partial charge in [0, 0.05) is 31.1 Å². The van der Waals surface area contributed by atoms with E-state index >= 15 is 0 Å². The molecule has 2 fully saturated rings. The minimum Gasteiger partial charge on any atom is -0.445 e. The molecule has 2 aromatic carbocycles. The van der Waals surface area contributed by atoms with Gasteiger partial charge in [0.1, 0.15) is 18.2 Å². The molecule has 0 aromatic heterocycles. The molecule has 268 valence electrons. The summed E-state index contributed by atoms with van der Waals surface area (Å²) in [7, 11) is 0. The number of aliphatic hydroxyl groups excluding tert-OH is 1. The summed E-state index contributed by atoms with van der Waals surface area (Å²) in [5.41, 5.74) is 0.966. The summed E-state index contributed by atoms with van der Waals surface area (Å²) in [5, 5.41) is 16.3. The molecule has 0 bridgehead atoms. The molecule has 1 aliphatic carbocycles. The molecule has 1 saturated heterocycles. The van der Waals surface area contributed by atoms with Crippen LogP contribution in [0, 0.1) is 5.92 Å². The molecule has 1 aliphatic heterocycles. The van der Waals surface area contributed by atoms with Crippen molar-refractivity contribution in [1.29, 1.82) is 0 Å². The van der Waals surface area contributed by atoms with Crippen molar-refractivity contribution < 1.29 is 33.8 Å². The number of nitrogens with one attached hydrogen (secondary N) is 2. The molecular weight excluding hydrogens is 648 g/mol. The minimum absolute atomic E-state index is 0.00268. The van der Waals surface area contributed by atoms with E-state index in [9.17, 15) is 24.3 Å². The van der Waals surface area contributed by atoms with Gasteiger partial charge >= 0.3 is 12.2 Å². The largest absolute Gasteiger partial charge is 0.445 e. The van der Waals surface area contributed by atoms with Gasteiger partial charge in [-0.25, -0.2) is 9.59 Å². The maximum absolute atomic E-state index is 13.5. The highest BCUT2D eigenvalue weighted by Crippen LogP contribution is 2.29. The SMILES string of the molecule is CC(C)(C)OC(=O)N1CCN(C(=O)CC[C@@H](CO)NC(=O)[C@H](CC2CCCCC2)NC(=O)OCc2cccc(Cl)c2)CC1c1ccccc1. The number of amides is 4. The monoisotopic (exact) mass is 698 g/mol. The number of ether oxygens (including phenoxy) is 2. The van der Waals surface area contributed by atoms with Gasteiger partial charge in [-0.3, -0.25) is 14.5 Å². The van der Waals surface area contributed by atoms with Gasteiger partial charge in [-0.1, -0.05) is 86.2 Å². The van der Waals surface area contributed by atoms with Crippen LogP contribution in [0.5, 0.6) is 0 Å². The average molecular weight is 699 g/mol. The molecule has 12 heteroatoms. The van der Waals surface area contributed by atoms with E-state index in [2.05, 4.69) is 10.6 Å². The van der Waals surface area contributed by atoms with Gasteiger partial charge in [0.25, 0.3) is 0 Å². The molecule has 3 atom stereocenters. The van der Waals surface area contributed by atoms with E-state index in [1.807, 2.05) is 51.1 Å². The van der Waals surface area contributed by atoms with Gasteiger partial charge in [-0.2, -0.15) is 0 Å². The van der Waals surface area contributed by atoms with E-state index in [1.54, 1.807) is 34.1 Å². The van der Waals surface area contributed by atoms with Crippen LogP contribution in [0.1, 0.15) is 89.3 Å². The number of hydrogen-bond acceptors (Lipinski definition) is 7. The Balaban J connectivity index is 1.34. The van der Waals surface area contributed by atoms with E-state index in [0.29, 0.717) is 31.1 Å². The molecule has 1 unspecified atom stereocenters. The Morgan fingerprint density at radius 2 is 1.71 bits per heavy atom. The average Bonchev–Trinajstić information content (AvgIpc) is 3.08. The molecule has 49 heavy (non-hydrogen) atoms. The van der Waals surface area contributed by atoms with Gasteiger partial charge in [0.15, 0.2) is 0 Å². The Kier molecular flexibility index (Phi) is 14.1. The molecule has 0 radical (unpaired) electrons. The Hall–Kier alpha value is -3.83. The molecule has 4 rings (SSSR count). The Morgan fingerprint density at radius 3 is 2.39 bits per heavy atom. The summed E-state index contributed by atoms with van der Waals surface area (Å²) in [6, 6.07) is 14.6. The first-order valence-electron chi connectivity index (χ1n) is 17.3. The second-order valence-electron chi connectivity index (χ2n) is 14.0. The van der Waals surface area contributed by atoms with Crippen LogP contribution in [-0.2, 0) is 25.7 Å². The van der Waals surface area contributed by atoms with Gasteiger partial charge in [-0.15, -0.1) is 0 Å². The molecule has 4 amide bonds. The molecule has 11 nitrogen and oxygen atoms in total. The number of carbonyl (C=O) groups excluding carboxylic acids is 4. The highest BCUT2D eigenvalue weighted by Gasteiger charge is 2.36. The first-order chi connectivity index (χ1) is 23.4. The predicted molar refractivity (Wildman–Crippen MR) is 187 cm³/mol. The summed E-state index contributed by atoms with van der Waals surface area (Å²) >= 11 is 6.04. The van der Waals surface area contributed by atoms with Crippen molar-refractivity contribution in [2.45, 2.75) is 102 Å². The number of hydrogen-bond donors (Lipinski definition) is 3. The molecule has 1 saturated carbocycles. The predicted octanol–water partition coefficient (Wildman–Crippen LogP) is 5.98. The number of piperazine rings is 1. The van der Waals surface area contributed by atoms with Crippen LogP contribution in [0.15, 0.2) is 54.6 Å². The lowest BCUT2D eigenvalue weighted by atomic mass is 9.84. The number of nitrogens with zero attached hydrogens (tertiary/aromatic N) is 2. The van der Waals surface area contributed by atoms with Crippen LogP contribution in [-0.4, -0.2) is 82.8 Å². The number of aliphatic hydroxyl groups is 1. The van der Waals surface area contributed by atoms with Crippen molar-refractivity contribution in [2.75, 3.05) is 26.2 Å². The van der Waals surface area contributed by atoms with Gasteiger partial charge in [0.05, 0.1) is 18.7 Å². The molecule has 3 N–H and O–H groups in total. The highest BCUT2D eigenvalue weighted by molar-refractivity contribution is 6.30. The topological polar surface area (TPSA) is 138 Å². The van der Waals surface area contributed by atoms with Gasteiger partial charge < -0.3 is 30.1 Å². The summed E-state index contributed by atoms with van der Waals surface area (Å²) in [6.45, 7) is 6.03. The smallest absolute Gasteiger partial charge is 0.410 e. The fraction of sp³-hybridized carbons (Fsp3) is 0.568. The zero-order valence-corrected chi connectivity index (χ0v) is 29.6. The van der Waals surface area contributed by atoms with Crippen molar-refractivity contribution in [3.8, 4) is 0 Å². The van der Waals surface area contributed by atoms with E-state index < -0.39 is 35.8 Å². The van der Waals surface area contributed by atoms with Crippen molar-refractivity contribution in [2.24, 2.45) is 5.92 Å². The van der Waals surface area contributed by atoms with Crippen molar-refractivity contribution in [1.82, 2.24) is 20.4 Å². The number of benzene rings is 2. The third-order valence-electron chi connectivity index (χ3n) is 8.98. The number of rotatable bonds is 12. The summed E-state index contributed by atoms with van der Waals surface area (Å²) < 4.78 is 11.1. The summed E-state index contributed by atoms with van der Waals surface area (Å²) in [6.07, 6.45) is 4.88. The lowest BCUT2D eigenvalue weighted by molar-refractivity contribution is -0.135. The molecule has 2 aromatic rings. The standard InChI is InChI=1S/C37H51ClN4O7/c1-37(2,3)49-36(47)42-20-19-41(23-32(42)28-14-8-5-9-15-28)33(44)18-17-30(24-43)39-34(45)31(22-26-11-6-4-7-12-26)40-35(46)48-25-27-13-10-16-29(38)21-27/h5,8-10,13-16,21,26,30-32,43H,4,6-7,11-12,17-20,22-25H2,1-3H3,(H,39,45)(H,40,46)/t30-,31-,32?/m0/s1. The Morgan fingerprint density at radius 1 is 0.980 bits per heavy atom. The maximum Gasteiger partial charge on any atom is 0.410 e. The van der Waals surface area contributed by atoms with Gasteiger partial charge in [0.2, 0.25) is 11.8 Å². The van der Waals surface area contributed by atoms with Crippen LogP contribution in [0.25, 0.3) is 0 Å². The highest BCUT2D eigenvalue weighted by atomic mass is 35.5. The summed E-state index contributed by atoms with van der Waals surface area (Å²) in [4.78, 5) is 56.2. The molecule has 1 heterocycles. The van der Waals surface area contributed by atoms with Crippen molar-refractivity contribution in [3.63, 3.8) is 0 Å². The molecule has 2 aliphatic rings. The maximum atomic E-state index is 13.5. The Labute approximate surface area is 294 Å². The van der Waals surface area contributed by atoms with E-state index in [-0.39, 0.29) is 43.9 Å². The third kappa shape index (κ3) is 12.2. The Bertz CT molecular complexity index is 1400. The van der Waals surface area contributed by atoms with Crippen LogP contribution in [0.3, 0.4) is 0 Å². The van der Waals surface area contributed by atoms with Crippen LogP contribution in [0.4, 0.5) is 9.59 Å². The lowest BCUT2D eigenvalue weighted by Crippen LogP contribution is -2.53. The first-order valence-corrected chi connectivity index (χ1v) is 17.7. The third-order valence-corrected chi connectivity index (χ3v) is 9.22. The quantitative estimate of drug-likeness (QED) is 0.248. The van der Waals surface area contributed by atoms with Crippen LogP contribution >= 0.6 is 11.6 Å². The zero-order valence-electron chi connectivity index (χ0n) is 28.9. The number of halogens is 1. The van der Waals surface area contributed by atoms with Crippen molar-refractivity contribution in [3.05, 3.63) is 70.7 Å². The summed E-state index contributed by atoms with van der Waals surface area (Å²) in [5.74, 6) is -0.283. The van der Waals surface area contributed by atoms with Crippen LogP contribution < -0.4 is 10.6 Å². The zero-order chi connectivity index (χ0) is 35.4. The normalized spacial score (nSPS) is 18.3. The lowest BCUT2D eigenvalue weighted by Gasteiger charge is -2.42. The van der Waals surface area contributed by atoms with E-state index in [1.165, 1.54) is 0 Å². The fourth-order valence-electron chi connectivity index (χ4n) is 6.42. The second kappa shape index (κ2) is 18.2. The first kappa shape index (κ1) is 38.0. The molecule has 0 spiro atoms. The number of alkyl carbamates (subject to hydrolysis) is 1. The van der Waals surface area contributed by atoms with E-state index in [0.717, 1.165) is 43.2 Å². The van der Waals surface area contributed by atoms with Crippen LogP contribution in [0.2, 0.25) is 5.02 Å². The number of carbonyl (C=O) groups is 4. The van der Waals surface area contributed by atoms with Gasteiger partial charge in [-0.05, 0) is 62.8 Å². The molecular formula is C37H51ClN4O7. The minimum atomic E-state index is -0.854. The fourth-order valence-corrected chi connectivity index (χ4v) is 6.64.